The average Bonchev–Trinajstić information content (AvgIpc) is 2.33. The Kier molecular flexibility index (Phi) is 5.00. The molecule has 0 aromatic heterocycles. The molecule has 1 aromatic carbocycles. The highest BCUT2D eigenvalue weighted by molar-refractivity contribution is 5.31. The molecule has 1 unspecified atom stereocenters. The predicted octanol–water partition coefficient (Wildman–Crippen LogP) is 3.50. The second kappa shape index (κ2) is 6.53. The number of nitrogens with one attached hydrogen (secondary N) is 1. The summed E-state index contributed by atoms with van der Waals surface area (Å²) in [6.45, 7) is 7.55. The van der Waals surface area contributed by atoms with E-state index in [4.69, 9.17) is 4.74 Å². The van der Waals surface area contributed by atoms with Crippen LogP contribution in [-0.4, -0.2) is 25.8 Å². The SMILES string of the molecule is COCC(NC1CC(c2ccccc2C)C1)C(C)C. The maximum atomic E-state index is 5.30. The predicted molar refractivity (Wildman–Crippen MR) is 80.6 cm³/mol. The molecule has 1 N–H and O–H groups in total. The van der Waals surface area contributed by atoms with Gasteiger partial charge in [0.05, 0.1) is 6.61 Å². The lowest BCUT2D eigenvalue weighted by Gasteiger charge is -2.40. The molecular formula is C17H27NO. The Bertz CT molecular complexity index is 396. The molecule has 1 aliphatic rings. The maximum absolute atomic E-state index is 5.30. The third-order valence-electron chi connectivity index (χ3n) is 4.37. The van der Waals surface area contributed by atoms with E-state index in [9.17, 15) is 0 Å². The summed E-state index contributed by atoms with van der Waals surface area (Å²) in [7, 11) is 1.79. The van der Waals surface area contributed by atoms with Gasteiger partial charge >= 0.3 is 0 Å². The van der Waals surface area contributed by atoms with Gasteiger partial charge in [-0.15, -0.1) is 0 Å². The highest BCUT2D eigenvalue weighted by atomic mass is 16.5. The van der Waals surface area contributed by atoms with Crippen molar-refractivity contribution in [3.05, 3.63) is 35.4 Å². The minimum absolute atomic E-state index is 0.479. The quantitative estimate of drug-likeness (QED) is 0.846. The summed E-state index contributed by atoms with van der Waals surface area (Å²) in [6, 6.07) is 9.93. The van der Waals surface area contributed by atoms with Crippen molar-refractivity contribution in [2.75, 3.05) is 13.7 Å². The van der Waals surface area contributed by atoms with Crippen LogP contribution in [0.5, 0.6) is 0 Å². The number of benzene rings is 1. The fraction of sp³-hybridized carbons (Fsp3) is 0.647. The van der Waals surface area contributed by atoms with Gasteiger partial charge in [0, 0.05) is 19.2 Å². The minimum Gasteiger partial charge on any atom is -0.383 e. The van der Waals surface area contributed by atoms with Crippen molar-refractivity contribution in [2.24, 2.45) is 5.92 Å². The fourth-order valence-corrected chi connectivity index (χ4v) is 2.97. The van der Waals surface area contributed by atoms with Crippen LogP contribution in [0.4, 0.5) is 0 Å². The van der Waals surface area contributed by atoms with E-state index in [-0.39, 0.29) is 0 Å². The zero-order chi connectivity index (χ0) is 13.8. The van der Waals surface area contributed by atoms with Gasteiger partial charge in [-0.25, -0.2) is 0 Å². The molecule has 0 amide bonds. The summed E-state index contributed by atoms with van der Waals surface area (Å²) in [5.74, 6) is 1.37. The highest BCUT2D eigenvalue weighted by Crippen LogP contribution is 2.38. The van der Waals surface area contributed by atoms with Crippen LogP contribution in [0.25, 0.3) is 0 Å². The van der Waals surface area contributed by atoms with Crippen LogP contribution >= 0.6 is 0 Å². The van der Waals surface area contributed by atoms with Crippen molar-refractivity contribution in [2.45, 2.75) is 51.6 Å². The van der Waals surface area contributed by atoms with Crippen LogP contribution in [0.15, 0.2) is 24.3 Å². The van der Waals surface area contributed by atoms with Gasteiger partial charge in [0.25, 0.3) is 0 Å². The minimum atomic E-state index is 0.479. The summed E-state index contributed by atoms with van der Waals surface area (Å²) in [5, 5.41) is 3.75. The van der Waals surface area contributed by atoms with E-state index in [1.807, 2.05) is 0 Å². The molecule has 1 aromatic rings. The first kappa shape index (κ1) is 14.5. The number of ether oxygens (including phenoxy) is 1. The summed E-state index contributed by atoms with van der Waals surface area (Å²) in [4.78, 5) is 0. The van der Waals surface area contributed by atoms with Crippen LogP contribution < -0.4 is 5.32 Å². The summed E-state index contributed by atoms with van der Waals surface area (Å²) in [5.41, 5.74) is 2.97. The molecule has 0 saturated heterocycles. The van der Waals surface area contributed by atoms with Crippen molar-refractivity contribution < 1.29 is 4.74 Å². The summed E-state index contributed by atoms with van der Waals surface area (Å²) in [6.07, 6.45) is 2.52. The third-order valence-corrected chi connectivity index (χ3v) is 4.37. The smallest absolute Gasteiger partial charge is 0.0618 e. The van der Waals surface area contributed by atoms with Gasteiger partial charge in [-0.2, -0.15) is 0 Å². The lowest BCUT2D eigenvalue weighted by atomic mass is 9.74. The number of aryl methyl sites for hydroxylation is 1. The van der Waals surface area contributed by atoms with E-state index in [2.05, 4.69) is 50.4 Å². The molecule has 0 heterocycles. The number of rotatable bonds is 6. The average molecular weight is 261 g/mol. The first-order chi connectivity index (χ1) is 9.11. The van der Waals surface area contributed by atoms with E-state index < -0.39 is 0 Å². The lowest BCUT2D eigenvalue weighted by molar-refractivity contribution is 0.126. The molecule has 0 aliphatic heterocycles. The van der Waals surface area contributed by atoms with E-state index in [1.54, 1.807) is 7.11 Å². The van der Waals surface area contributed by atoms with Gasteiger partial charge in [0.15, 0.2) is 0 Å². The second-order valence-corrected chi connectivity index (χ2v) is 6.19. The monoisotopic (exact) mass is 261 g/mol. The Balaban J connectivity index is 1.84. The topological polar surface area (TPSA) is 21.3 Å². The Morgan fingerprint density at radius 3 is 2.53 bits per heavy atom. The highest BCUT2D eigenvalue weighted by Gasteiger charge is 2.32. The molecule has 1 aliphatic carbocycles. The first-order valence-electron chi connectivity index (χ1n) is 7.42. The Morgan fingerprint density at radius 2 is 1.95 bits per heavy atom. The van der Waals surface area contributed by atoms with Crippen LogP contribution in [0.2, 0.25) is 0 Å². The Hall–Kier alpha value is -0.860. The number of hydrogen-bond donors (Lipinski definition) is 1. The van der Waals surface area contributed by atoms with Gasteiger partial charge in [0.2, 0.25) is 0 Å². The first-order valence-corrected chi connectivity index (χ1v) is 7.42. The van der Waals surface area contributed by atoms with Gasteiger partial charge in [0.1, 0.15) is 0 Å². The molecule has 1 saturated carbocycles. The Labute approximate surface area is 117 Å². The van der Waals surface area contributed by atoms with Crippen LogP contribution in [0, 0.1) is 12.8 Å². The van der Waals surface area contributed by atoms with Crippen molar-refractivity contribution in [1.82, 2.24) is 5.32 Å². The van der Waals surface area contributed by atoms with E-state index in [1.165, 1.54) is 24.0 Å². The standard InChI is InChI=1S/C17H27NO/c1-12(2)17(11-19-4)18-15-9-14(10-15)16-8-6-5-7-13(16)3/h5-8,12,14-15,17-18H,9-11H2,1-4H3. The molecule has 2 rings (SSSR count). The number of methoxy groups -OCH3 is 1. The molecule has 0 bridgehead atoms. The summed E-state index contributed by atoms with van der Waals surface area (Å²) >= 11 is 0. The van der Waals surface area contributed by atoms with Crippen LogP contribution in [0.3, 0.4) is 0 Å². The third kappa shape index (κ3) is 3.58. The van der Waals surface area contributed by atoms with Crippen molar-refractivity contribution in [3.63, 3.8) is 0 Å². The van der Waals surface area contributed by atoms with Crippen LogP contribution in [0.1, 0.15) is 43.7 Å². The molecule has 2 heteroatoms. The zero-order valence-corrected chi connectivity index (χ0v) is 12.6. The molecule has 19 heavy (non-hydrogen) atoms. The largest absolute Gasteiger partial charge is 0.383 e. The molecule has 2 nitrogen and oxygen atoms in total. The molecule has 106 valence electrons. The van der Waals surface area contributed by atoms with Crippen LogP contribution in [-0.2, 0) is 4.74 Å². The normalized spacial score (nSPS) is 24.3. The van der Waals surface area contributed by atoms with Crippen molar-refractivity contribution in [3.8, 4) is 0 Å². The van der Waals surface area contributed by atoms with Crippen molar-refractivity contribution in [1.29, 1.82) is 0 Å². The molecule has 0 spiro atoms. The molecular weight excluding hydrogens is 234 g/mol. The second-order valence-electron chi connectivity index (χ2n) is 6.19. The lowest BCUT2D eigenvalue weighted by Crippen LogP contribution is -2.49. The summed E-state index contributed by atoms with van der Waals surface area (Å²) < 4.78 is 5.30. The molecule has 1 fully saturated rings. The van der Waals surface area contributed by atoms with Gasteiger partial charge in [-0.1, -0.05) is 38.1 Å². The van der Waals surface area contributed by atoms with E-state index in [0.29, 0.717) is 18.0 Å². The van der Waals surface area contributed by atoms with E-state index >= 15 is 0 Å². The molecule has 0 radical (unpaired) electrons. The van der Waals surface area contributed by atoms with Gasteiger partial charge in [-0.3, -0.25) is 0 Å². The fourth-order valence-electron chi connectivity index (χ4n) is 2.97. The maximum Gasteiger partial charge on any atom is 0.0618 e. The zero-order valence-electron chi connectivity index (χ0n) is 12.6. The van der Waals surface area contributed by atoms with E-state index in [0.717, 1.165) is 12.5 Å². The van der Waals surface area contributed by atoms with Gasteiger partial charge in [-0.05, 0) is 42.7 Å². The van der Waals surface area contributed by atoms with Crippen molar-refractivity contribution >= 4 is 0 Å². The molecule has 1 atom stereocenters. The van der Waals surface area contributed by atoms with Gasteiger partial charge < -0.3 is 10.1 Å². The Morgan fingerprint density at radius 1 is 1.26 bits per heavy atom. The number of hydrogen-bond acceptors (Lipinski definition) is 2.